The van der Waals surface area contributed by atoms with Crippen molar-refractivity contribution in [2.75, 3.05) is 6.61 Å². The Kier molecular flexibility index (Phi) is 5.62. The largest absolute Gasteiger partial charge is 0.459 e. The van der Waals surface area contributed by atoms with E-state index in [1.165, 1.54) is 12.1 Å². The third-order valence-electron chi connectivity index (χ3n) is 2.53. The first kappa shape index (κ1) is 15.3. The number of esters is 1. The first-order valence-electron chi connectivity index (χ1n) is 5.70. The van der Waals surface area contributed by atoms with E-state index in [-0.39, 0.29) is 0 Å². The van der Waals surface area contributed by atoms with Gasteiger partial charge in [-0.1, -0.05) is 18.2 Å². The van der Waals surface area contributed by atoms with Crippen LogP contribution in [0.1, 0.15) is 17.3 Å². The molecule has 3 atom stereocenters. The van der Waals surface area contributed by atoms with E-state index in [1.54, 1.807) is 18.2 Å². The van der Waals surface area contributed by atoms with Gasteiger partial charge in [0.25, 0.3) is 0 Å². The molecule has 0 saturated carbocycles. The molecule has 0 aromatic heterocycles. The van der Waals surface area contributed by atoms with Crippen molar-refractivity contribution in [2.24, 2.45) is 0 Å². The van der Waals surface area contributed by atoms with Gasteiger partial charge in [-0.2, -0.15) is 0 Å². The third kappa shape index (κ3) is 4.44. The zero-order chi connectivity index (χ0) is 14.4. The molecule has 0 aliphatic rings. The van der Waals surface area contributed by atoms with Crippen LogP contribution in [0.3, 0.4) is 0 Å². The summed E-state index contributed by atoms with van der Waals surface area (Å²) >= 11 is 0. The Morgan fingerprint density at radius 3 is 2.26 bits per heavy atom. The summed E-state index contributed by atoms with van der Waals surface area (Å²) < 4.78 is 4.77. The highest BCUT2D eigenvalue weighted by Crippen LogP contribution is 2.05. The predicted molar refractivity (Wildman–Crippen MR) is 65.4 cm³/mol. The lowest BCUT2D eigenvalue weighted by atomic mass is 10.1. The Bertz CT molecular complexity index is 430. The average molecular weight is 268 g/mol. The summed E-state index contributed by atoms with van der Waals surface area (Å²) in [6, 6.07) is 8.12. The topological polar surface area (TPSA) is 104 Å². The van der Waals surface area contributed by atoms with Crippen LogP contribution in [-0.4, -0.2) is 52.0 Å². The molecule has 0 unspecified atom stereocenters. The Balaban J connectivity index is 2.48. The van der Waals surface area contributed by atoms with Crippen LogP contribution < -0.4 is 0 Å². The van der Waals surface area contributed by atoms with Crippen LogP contribution in [-0.2, 0) is 9.53 Å². The number of rotatable bonds is 6. The van der Waals surface area contributed by atoms with Crippen LogP contribution in [0.15, 0.2) is 30.3 Å². The van der Waals surface area contributed by atoms with Gasteiger partial charge in [-0.3, -0.25) is 4.79 Å². The summed E-state index contributed by atoms with van der Waals surface area (Å²) in [5.74, 6) is -1.34. The summed E-state index contributed by atoms with van der Waals surface area (Å²) in [4.78, 5) is 22.4. The quantitative estimate of drug-likeness (QED) is 0.602. The molecule has 1 aromatic carbocycles. The van der Waals surface area contributed by atoms with Crippen molar-refractivity contribution in [3.8, 4) is 0 Å². The summed E-state index contributed by atoms with van der Waals surface area (Å²) in [6.45, 7) is 0.565. The fraction of sp³-hybridized carbons (Fsp3) is 0.385. The molecule has 19 heavy (non-hydrogen) atoms. The average Bonchev–Trinajstić information content (AvgIpc) is 2.43. The highest BCUT2D eigenvalue weighted by molar-refractivity contribution is 5.89. The van der Waals surface area contributed by atoms with E-state index < -0.39 is 36.7 Å². The van der Waals surface area contributed by atoms with E-state index in [1.807, 2.05) is 0 Å². The van der Waals surface area contributed by atoms with Crippen molar-refractivity contribution in [2.45, 2.75) is 25.2 Å². The van der Waals surface area contributed by atoms with Crippen molar-refractivity contribution in [1.82, 2.24) is 0 Å². The van der Waals surface area contributed by atoms with E-state index in [0.717, 1.165) is 6.92 Å². The van der Waals surface area contributed by atoms with Gasteiger partial charge in [-0.05, 0) is 19.1 Å². The first-order chi connectivity index (χ1) is 8.93. The second kappa shape index (κ2) is 6.98. The lowest BCUT2D eigenvalue weighted by Crippen LogP contribution is -2.43. The number of aliphatic hydroxyl groups is 3. The highest BCUT2D eigenvalue weighted by Gasteiger charge is 2.28. The number of hydrogen-bond donors (Lipinski definition) is 3. The molecule has 0 aliphatic heterocycles. The second-order valence-corrected chi connectivity index (χ2v) is 4.08. The number of ether oxygens (including phenoxy) is 1. The smallest absolute Gasteiger partial charge is 0.338 e. The minimum atomic E-state index is -1.70. The number of carbonyl (C=O) groups is 2. The van der Waals surface area contributed by atoms with E-state index in [4.69, 9.17) is 4.74 Å². The van der Waals surface area contributed by atoms with E-state index >= 15 is 0 Å². The lowest BCUT2D eigenvalue weighted by molar-refractivity contribution is -0.138. The zero-order valence-electron chi connectivity index (χ0n) is 10.4. The molecule has 0 bridgehead atoms. The number of aliphatic hydroxyl groups excluding tert-OH is 3. The predicted octanol–water partition coefficient (Wildman–Crippen LogP) is -0.485. The number of Topliss-reactive ketones (excluding diaryl/α,β-unsaturated/α-hetero) is 1. The van der Waals surface area contributed by atoms with Gasteiger partial charge in [-0.25, -0.2) is 4.79 Å². The van der Waals surface area contributed by atoms with Crippen LogP contribution in [0.2, 0.25) is 0 Å². The van der Waals surface area contributed by atoms with Crippen LogP contribution in [0.5, 0.6) is 0 Å². The molecule has 1 aromatic rings. The summed E-state index contributed by atoms with van der Waals surface area (Å²) in [7, 11) is 0. The highest BCUT2D eigenvalue weighted by atomic mass is 16.5. The molecule has 0 heterocycles. The zero-order valence-corrected chi connectivity index (χ0v) is 10.4. The molecule has 104 valence electrons. The van der Waals surface area contributed by atoms with Crippen molar-refractivity contribution in [3.05, 3.63) is 35.9 Å². The van der Waals surface area contributed by atoms with Gasteiger partial charge in [0.2, 0.25) is 0 Å². The van der Waals surface area contributed by atoms with E-state index in [0.29, 0.717) is 5.56 Å². The Hall–Kier alpha value is -1.76. The maximum Gasteiger partial charge on any atom is 0.338 e. The maximum absolute atomic E-state index is 11.5. The standard InChI is InChI=1S/C13H16O6/c1-8(14)11(16)12(17)10(15)7-19-13(18)9-5-3-2-4-6-9/h2-6,10-12,15-17H,7H2,1H3/t10-,11+,12-/m1/s1. The van der Waals surface area contributed by atoms with Gasteiger partial charge in [-0.15, -0.1) is 0 Å². The Morgan fingerprint density at radius 1 is 1.16 bits per heavy atom. The SMILES string of the molecule is CC(=O)[C@H](O)[C@H](O)[C@H](O)COC(=O)c1ccccc1. The Morgan fingerprint density at radius 2 is 1.74 bits per heavy atom. The van der Waals surface area contributed by atoms with Gasteiger partial charge < -0.3 is 20.1 Å². The number of benzene rings is 1. The molecule has 0 radical (unpaired) electrons. The molecule has 0 spiro atoms. The number of ketones is 1. The summed E-state index contributed by atoms with van der Waals surface area (Å²) in [5, 5.41) is 28.2. The van der Waals surface area contributed by atoms with E-state index in [2.05, 4.69) is 0 Å². The molecule has 0 saturated heterocycles. The summed E-state index contributed by atoms with van der Waals surface area (Å²) in [6.07, 6.45) is -4.93. The first-order valence-corrected chi connectivity index (χ1v) is 5.70. The van der Waals surface area contributed by atoms with Gasteiger partial charge in [0.1, 0.15) is 24.9 Å². The van der Waals surface area contributed by atoms with Crippen molar-refractivity contribution < 1.29 is 29.6 Å². The number of hydrogen-bond acceptors (Lipinski definition) is 6. The third-order valence-corrected chi connectivity index (χ3v) is 2.53. The molecule has 6 nitrogen and oxygen atoms in total. The van der Waals surface area contributed by atoms with Crippen molar-refractivity contribution in [1.29, 1.82) is 0 Å². The maximum atomic E-state index is 11.5. The van der Waals surface area contributed by atoms with Gasteiger partial charge >= 0.3 is 5.97 Å². The van der Waals surface area contributed by atoms with Crippen LogP contribution in [0, 0.1) is 0 Å². The fourth-order valence-electron chi connectivity index (χ4n) is 1.37. The monoisotopic (exact) mass is 268 g/mol. The molecule has 3 N–H and O–H groups in total. The van der Waals surface area contributed by atoms with Gasteiger partial charge in [0.05, 0.1) is 5.56 Å². The molecule has 0 aliphatic carbocycles. The minimum Gasteiger partial charge on any atom is -0.459 e. The van der Waals surface area contributed by atoms with Crippen molar-refractivity contribution >= 4 is 11.8 Å². The molecule has 0 fully saturated rings. The van der Waals surface area contributed by atoms with Crippen molar-refractivity contribution in [3.63, 3.8) is 0 Å². The molecular weight excluding hydrogens is 252 g/mol. The van der Waals surface area contributed by atoms with Crippen LogP contribution >= 0.6 is 0 Å². The van der Waals surface area contributed by atoms with Gasteiger partial charge in [0.15, 0.2) is 5.78 Å². The van der Waals surface area contributed by atoms with Gasteiger partial charge in [0, 0.05) is 0 Å². The normalized spacial score (nSPS) is 15.4. The van der Waals surface area contributed by atoms with Crippen LogP contribution in [0.25, 0.3) is 0 Å². The number of carbonyl (C=O) groups excluding carboxylic acids is 2. The molecular formula is C13H16O6. The van der Waals surface area contributed by atoms with E-state index in [9.17, 15) is 24.9 Å². The molecule has 0 amide bonds. The lowest BCUT2D eigenvalue weighted by Gasteiger charge is -2.20. The minimum absolute atomic E-state index is 0.302. The van der Waals surface area contributed by atoms with Crippen LogP contribution in [0.4, 0.5) is 0 Å². The summed E-state index contributed by atoms with van der Waals surface area (Å²) in [5.41, 5.74) is 0.302. The second-order valence-electron chi connectivity index (χ2n) is 4.08. The fourth-order valence-corrected chi connectivity index (χ4v) is 1.37. The Labute approximate surface area is 110 Å². The molecule has 1 rings (SSSR count). The molecule has 6 heteroatoms.